The first-order valence-electron chi connectivity index (χ1n) is 8.00. The second-order valence-corrected chi connectivity index (χ2v) is 5.59. The topological polar surface area (TPSA) is 65.7 Å². The van der Waals surface area contributed by atoms with Crippen molar-refractivity contribution in [3.63, 3.8) is 0 Å². The average molecular weight is 313 g/mol. The van der Waals surface area contributed by atoms with Crippen molar-refractivity contribution in [1.29, 1.82) is 0 Å². The van der Waals surface area contributed by atoms with E-state index in [1.165, 1.54) is 0 Å². The minimum absolute atomic E-state index is 0.381. The molecule has 1 unspecified atom stereocenters. The molecule has 0 radical (unpaired) electrons. The molecule has 6 heteroatoms. The van der Waals surface area contributed by atoms with Crippen LogP contribution in [0.2, 0.25) is 0 Å². The summed E-state index contributed by atoms with van der Waals surface area (Å²) in [6, 6.07) is 10.3. The Morgan fingerprint density at radius 1 is 1.39 bits per heavy atom. The van der Waals surface area contributed by atoms with Crippen molar-refractivity contribution >= 4 is 11.8 Å². The average Bonchev–Trinajstić information content (AvgIpc) is 3.26. The molecule has 0 aromatic carbocycles. The van der Waals surface area contributed by atoms with Gasteiger partial charge in [-0.1, -0.05) is 6.07 Å². The Kier molecular flexibility index (Phi) is 5.13. The van der Waals surface area contributed by atoms with Crippen molar-refractivity contribution in [1.82, 2.24) is 15.6 Å². The van der Waals surface area contributed by atoms with Crippen molar-refractivity contribution in [2.75, 3.05) is 31.6 Å². The molecule has 1 fully saturated rings. The lowest BCUT2D eigenvalue weighted by atomic mass is 10.3. The van der Waals surface area contributed by atoms with Crippen LogP contribution in [0.5, 0.6) is 0 Å². The lowest BCUT2D eigenvalue weighted by Crippen LogP contribution is -2.45. The number of furan rings is 1. The van der Waals surface area contributed by atoms with Gasteiger partial charge in [0.2, 0.25) is 0 Å². The maximum atomic E-state index is 5.33. The molecule has 1 aliphatic rings. The van der Waals surface area contributed by atoms with E-state index in [-0.39, 0.29) is 0 Å². The van der Waals surface area contributed by atoms with Crippen molar-refractivity contribution in [3.05, 3.63) is 48.6 Å². The minimum Gasteiger partial charge on any atom is -0.469 e. The summed E-state index contributed by atoms with van der Waals surface area (Å²) in [4.78, 5) is 11.0. The smallest absolute Gasteiger partial charge is 0.191 e. The molecule has 2 aromatic rings. The lowest BCUT2D eigenvalue weighted by molar-refractivity contribution is 0.506. The number of rotatable bonds is 5. The third-order valence-corrected chi connectivity index (χ3v) is 3.97. The lowest BCUT2D eigenvalue weighted by Gasteiger charge is -2.19. The molecule has 0 bridgehead atoms. The zero-order valence-corrected chi connectivity index (χ0v) is 13.4. The summed E-state index contributed by atoms with van der Waals surface area (Å²) in [5.74, 6) is 2.86. The van der Waals surface area contributed by atoms with E-state index in [9.17, 15) is 0 Å². The first kappa shape index (κ1) is 15.4. The number of nitrogens with zero attached hydrogens (tertiary/aromatic N) is 3. The minimum atomic E-state index is 0.381. The normalized spacial score (nSPS) is 18.2. The predicted molar refractivity (Wildman–Crippen MR) is 91.8 cm³/mol. The molecule has 0 spiro atoms. The molecule has 1 atom stereocenters. The van der Waals surface area contributed by atoms with Crippen LogP contribution in [0.15, 0.2) is 52.2 Å². The van der Waals surface area contributed by atoms with Crippen LogP contribution in [0.4, 0.5) is 5.82 Å². The number of pyridine rings is 1. The Morgan fingerprint density at radius 2 is 2.35 bits per heavy atom. The number of nitrogens with one attached hydrogen (secondary N) is 2. The van der Waals surface area contributed by atoms with E-state index in [1.807, 2.05) is 30.5 Å². The SMILES string of the molecule is CN=C(NCCc1ccco1)NC1CCN(c2ccccn2)C1. The van der Waals surface area contributed by atoms with Gasteiger partial charge in [0.1, 0.15) is 11.6 Å². The first-order valence-corrected chi connectivity index (χ1v) is 8.00. The fourth-order valence-electron chi connectivity index (χ4n) is 2.77. The molecule has 3 heterocycles. The predicted octanol–water partition coefficient (Wildman–Crippen LogP) is 1.66. The summed E-state index contributed by atoms with van der Waals surface area (Å²) in [6.07, 6.45) is 5.46. The van der Waals surface area contributed by atoms with E-state index < -0.39 is 0 Å². The molecule has 6 nitrogen and oxygen atoms in total. The Hall–Kier alpha value is -2.50. The van der Waals surface area contributed by atoms with E-state index in [0.717, 1.165) is 50.0 Å². The number of guanidine groups is 1. The Bertz CT molecular complexity index is 611. The zero-order valence-electron chi connectivity index (χ0n) is 13.4. The Balaban J connectivity index is 1.44. The van der Waals surface area contributed by atoms with Crippen LogP contribution >= 0.6 is 0 Å². The Labute approximate surface area is 136 Å². The van der Waals surface area contributed by atoms with Crippen molar-refractivity contribution in [2.24, 2.45) is 4.99 Å². The largest absolute Gasteiger partial charge is 0.469 e. The second kappa shape index (κ2) is 7.67. The fourth-order valence-corrected chi connectivity index (χ4v) is 2.77. The summed E-state index contributed by atoms with van der Waals surface area (Å²) in [6.45, 7) is 2.75. The molecule has 3 rings (SSSR count). The highest BCUT2D eigenvalue weighted by Crippen LogP contribution is 2.17. The van der Waals surface area contributed by atoms with E-state index in [2.05, 4.69) is 31.6 Å². The highest BCUT2D eigenvalue weighted by molar-refractivity contribution is 5.80. The molecule has 122 valence electrons. The molecular weight excluding hydrogens is 290 g/mol. The van der Waals surface area contributed by atoms with Gasteiger partial charge in [-0.15, -0.1) is 0 Å². The summed E-state index contributed by atoms with van der Waals surface area (Å²) < 4.78 is 5.33. The molecule has 2 N–H and O–H groups in total. The van der Waals surface area contributed by atoms with Crippen molar-refractivity contribution in [3.8, 4) is 0 Å². The number of anilines is 1. The first-order chi connectivity index (χ1) is 11.3. The van der Waals surface area contributed by atoms with Crippen LogP contribution in [-0.4, -0.2) is 43.7 Å². The number of hydrogen-bond acceptors (Lipinski definition) is 4. The summed E-state index contributed by atoms with van der Waals surface area (Å²) in [5.41, 5.74) is 0. The molecular formula is C17H23N5O. The van der Waals surface area contributed by atoms with Crippen molar-refractivity contribution in [2.45, 2.75) is 18.9 Å². The summed E-state index contributed by atoms with van der Waals surface area (Å²) >= 11 is 0. The highest BCUT2D eigenvalue weighted by atomic mass is 16.3. The van der Waals surface area contributed by atoms with Gasteiger partial charge in [-0.3, -0.25) is 4.99 Å². The number of hydrogen-bond donors (Lipinski definition) is 2. The monoisotopic (exact) mass is 313 g/mol. The van der Waals surface area contributed by atoms with Gasteiger partial charge in [-0.25, -0.2) is 4.98 Å². The highest BCUT2D eigenvalue weighted by Gasteiger charge is 2.23. The van der Waals surface area contributed by atoms with E-state index in [0.29, 0.717) is 6.04 Å². The fraction of sp³-hybridized carbons (Fsp3) is 0.412. The van der Waals surface area contributed by atoms with Gasteiger partial charge in [-0.05, 0) is 30.7 Å². The van der Waals surface area contributed by atoms with E-state index in [4.69, 9.17) is 4.42 Å². The maximum absolute atomic E-state index is 5.33. The van der Waals surface area contributed by atoms with E-state index in [1.54, 1.807) is 13.3 Å². The summed E-state index contributed by atoms with van der Waals surface area (Å²) in [7, 11) is 1.80. The van der Waals surface area contributed by atoms with Gasteiger partial charge >= 0.3 is 0 Å². The molecule has 0 aliphatic carbocycles. The van der Waals surface area contributed by atoms with Crippen LogP contribution in [0, 0.1) is 0 Å². The van der Waals surface area contributed by atoms with Crippen LogP contribution in [0.3, 0.4) is 0 Å². The quantitative estimate of drug-likeness (QED) is 0.649. The van der Waals surface area contributed by atoms with Gasteiger partial charge in [0, 0.05) is 45.3 Å². The van der Waals surface area contributed by atoms with Crippen LogP contribution < -0.4 is 15.5 Å². The molecule has 0 amide bonds. The Morgan fingerprint density at radius 3 is 3.09 bits per heavy atom. The molecule has 1 saturated heterocycles. The molecule has 23 heavy (non-hydrogen) atoms. The summed E-state index contributed by atoms with van der Waals surface area (Å²) in [5, 5.41) is 6.82. The van der Waals surface area contributed by atoms with Crippen LogP contribution in [-0.2, 0) is 6.42 Å². The third-order valence-electron chi connectivity index (χ3n) is 3.97. The standard InChI is InChI=1S/C17H23N5O/c1-18-17(20-10-7-15-5-4-12-23-15)21-14-8-11-22(13-14)16-6-2-3-9-19-16/h2-6,9,12,14H,7-8,10-11,13H2,1H3,(H2,18,20,21). The van der Waals surface area contributed by atoms with Gasteiger partial charge in [0.25, 0.3) is 0 Å². The third kappa shape index (κ3) is 4.25. The van der Waals surface area contributed by atoms with Gasteiger partial charge in [0.15, 0.2) is 5.96 Å². The number of aromatic nitrogens is 1. The van der Waals surface area contributed by atoms with Crippen molar-refractivity contribution < 1.29 is 4.42 Å². The van der Waals surface area contributed by atoms with Crippen LogP contribution in [0.1, 0.15) is 12.2 Å². The molecule has 1 aliphatic heterocycles. The van der Waals surface area contributed by atoms with Gasteiger partial charge in [0.05, 0.1) is 6.26 Å². The van der Waals surface area contributed by atoms with Crippen LogP contribution in [0.25, 0.3) is 0 Å². The maximum Gasteiger partial charge on any atom is 0.191 e. The zero-order chi connectivity index (χ0) is 15.9. The second-order valence-electron chi connectivity index (χ2n) is 5.59. The molecule has 0 saturated carbocycles. The molecule has 2 aromatic heterocycles. The number of aliphatic imine (C=N–C) groups is 1. The van der Waals surface area contributed by atoms with E-state index >= 15 is 0 Å². The van der Waals surface area contributed by atoms with Gasteiger partial charge < -0.3 is 20.0 Å². The van der Waals surface area contributed by atoms with Gasteiger partial charge in [-0.2, -0.15) is 0 Å².